The van der Waals surface area contributed by atoms with Gasteiger partial charge in [0, 0.05) is 35.9 Å². The first-order valence-electron chi connectivity index (χ1n) is 17.1. The molecule has 246 valence electrons. The fraction of sp³-hybridized carbons (Fsp3) is 0.818. The molecule has 12 heteroatoms. The van der Waals surface area contributed by atoms with Gasteiger partial charge in [0.05, 0.1) is 18.1 Å². The quantitative estimate of drug-likeness (QED) is 0.242. The van der Waals surface area contributed by atoms with E-state index < -0.39 is 35.2 Å². The average Bonchev–Trinajstić information content (AvgIpc) is 3.05. The van der Waals surface area contributed by atoms with Gasteiger partial charge in [-0.3, -0.25) is 0 Å². The number of hydrogen-bond acceptors (Lipinski definition) is 9. The van der Waals surface area contributed by atoms with Gasteiger partial charge in [0.2, 0.25) is 18.2 Å². The van der Waals surface area contributed by atoms with Crippen molar-refractivity contribution in [1.29, 1.82) is 0 Å². The molecule has 3 saturated carbocycles. The molecule has 0 bridgehead atoms. The molecule has 3 aliphatic rings. The molecule has 45 heavy (non-hydrogen) atoms. The summed E-state index contributed by atoms with van der Waals surface area (Å²) in [6.45, 7) is 5.73. The molecular formula is C33H48N6O6. The maximum Gasteiger partial charge on any atom is 0.336 e. The molecule has 3 fully saturated rings. The molecule has 1 aromatic rings. The third-order valence-corrected chi connectivity index (χ3v) is 11.0. The summed E-state index contributed by atoms with van der Waals surface area (Å²) < 4.78 is 3.78. The molecule has 0 radical (unpaired) electrons. The topological polar surface area (TPSA) is 154 Å². The zero-order valence-electron chi connectivity index (χ0n) is 26.9. The second-order valence-corrected chi connectivity index (χ2v) is 13.1. The van der Waals surface area contributed by atoms with Crippen molar-refractivity contribution in [2.75, 3.05) is 0 Å². The van der Waals surface area contributed by atoms with E-state index in [-0.39, 0.29) is 35.9 Å². The van der Waals surface area contributed by atoms with Crippen LogP contribution in [0.5, 0.6) is 0 Å². The number of isocyanates is 3. The molecule has 12 nitrogen and oxygen atoms in total. The van der Waals surface area contributed by atoms with Crippen LogP contribution in [-0.4, -0.2) is 50.1 Å². The van der Waals surface area contributed by atoms with Gasteiger partial charge in [-0.05, 0) is 57.8 Å². The highest BCUT2D eigenvalue weighted by Crippen LogP contribution is 2.39. The number of aliphatic imine (C=N–C) groups is 3. The third-order valence-electron chi connectivity index (χ3n) is 11.0. The van der Waals surface area contributed by atoms with Crippen LogP contribution in [0, 0.1) is 17.8 Å². The lowest BCUT2D eigenvalue weighted by molar-refractivity contribution is 0.154. The summed E-state index contributed by atoms with van der Waals surface area (Å²) in [4.78, 5) is 90.4. The number of aromatic nitrogens is 3. The zero-order chi connectivity index (χ0) is 32.5. The predicted octanol–water partition coefficient (Wildman–Crippen LogP) is 4.71. The van der Waals surface area contributed by atoms with E-state index in [0.29, 0.717) is 57.8 Å². The molecule has 3 aliphatic carbocycles. The summed E-state index contributed by atoms with van der Waals surface area (Å²) in [5.41, 5.74) is -2.00. The van der Waals surface area contributed by atoms with Crippen molar-refractivity contribution in [2.45, 2.75) is 153 Å². The molecule has 0 saturated heterocycles. The Hall–Kier alpha value is -3.45. The van der Waals surface area contributed by atoms with Crippen LogP contribution in [0.3, 0.4) is 0 Å². The lowest BCUT2D eigenvalue weighted by Crippen LogP contribution is -2.60. The molecule has 0 N–H and O–H groups in total. The number of rotatable bonds is 12. The van der Waals surface area contributed by atoms with Crippen molar-refractivity contribution < 1.29 is 14.4 Å². The van der Waals surface area contributed by atoms with Crippen molar-refractivity contribution in [2.24, 2.45) is 32.7 Å². The highest BCUT2D eigenvalue weighted by atomic mass is 16.2. The minimum absolute atomic E-state index is 0.251. The maximum absolute atomic E-state index is 14.7. The Morgan fingerprint density at radius 1 is 0.511 bits per heavy atom. The van der Waals surface area contributed by atoms with Gasteiger partial charge >= 0.3 is 17.1 Å². The van der Waals surface area contributed by atoms with Gasteiger partial charge in [-0.25, -0.2) is 57.4 Å². The summed E-state index contributed by atoms with van der Waals surface area (Å²) in [6.07, 6.45) is 15.7. The van der Waals surface area contributed by atoms with E-state index in [1.165, 1.54) is 13.7 Å². The number of carbonyl (C=O) groups excluding carboxylic acids is 3. The highest BCUT2D eigenvalue weighted by molar-refractivity contribution is 5.34. The third kappa shape index (κ3) is 7.04. The number of hydrogen-bond donors (Lipinski definition) is 0. The van der Waals surface area contributed by atoms with Crippen LogP contribution in [-0.2, 0) is 14.4 Å². The molecule has 1 heterocycles. The lowest BCUT2D eigenvalue weighted by Gasteiger charge is -2.39. The SMILES string of the molecule is CCC(C1CCCCC1N=C=O)n1c(=O)n(C(CC)C2CCCCC2N=C=O)c(=O)n(C(CC)C2CCCCC2N=C=O)c1=O. The summed E-state index contributed by atoms with van der Waals surface area (Å²) in [7, 11) is 0. The Bertz CT molecular complexity index is 1290. The molecule has 0 aliphatic heterocycles. The Kier molecular flexibility index (Phi) is 12.4. The summed E-state index contributed by atoms with van der Waals surface area (Å²) in [6, 6.07) is -2.90. The van der Waals surface area contributed by atoms with E-state index >= 15 is 0 Å². The first-order chi connectivity index (χ1) is 21.9. The van der Waals surface area contributed by atoms with Crippen molar-refractivity contribution in [1.82, 2.24) is 13.7 Å². The van der Waals surface area contributed by atoms with Crippen LogP contribution >= 0.6 is 0 Å². The van der Waals surface area contributed by atoms with Crippen LogP contribution in [0.1, 0.15) is 135 Å². The van der Waals surface area contributed by atoms with Gasteiger partial charge < -0.3 is 0 Å². The normalized spacial score (nSPS) is 28.9. The minimum atomic E-state index is -0.667. The lowest BCUT2D eigenvalue weighted by atomic mass is 9.78. The molecule has 9 atom stereocenters. The Balaban J connectivity index is 2.02. The van der Waals surface area contributed by atoms with Crippen LogP contribution in [0.4, 0.5) is 0 Å². The van der Waals surface area contributed by atoms with Crippen LogP contribution in [0.25, 0.3) is 0 Å². The molecule has 4 rings (SSSR count). The first kappa shape index (κ1) is 34.4. The van der Waals surface area contributed by atoms with E-state index in [1.54, 1.807) is 18.2 Å². The maximum atomic E-state index is 14.7. The Labute approximate surface area is 263 Å². The Morgan fingerprint density at radius 3 is 0.978 bits per heavy atom. The molecule has 0 aromatic carbocycles. The second kappa shape index (κ2) is 16.2. The predicted molar refractivity (Wildman–Crippen MR) is 169 cm³/mol. The van der Waals surface area contributed by atoms with Gasteiger partial charge in [0.15, 0.2) is 0 Å². The summed E-state index contributed by atoms with van der Waals surface area (Å²) in [5, 5.41) is 0. The van der Waals surface area contributed by atoms with Crippen LogP contribution < -0.4 is 17.1 Å². The summed E-state index contributed by atoms with van der Waals surface area (Å²) in [5.74, 6) is -0.752. The van der Waals surface area contributed by atoms with E-state index in [4.69, 9.17) is 0 Å². The number of nitrogens with zero attached hydrogens (tertiary/aromatic N) is 6. The molecule has 9 unspecified atom stereocenters. The zero-order valence-corrected chi connectivity index (χ0v) is 26.9. The van der Waals surface area contributed by atoms with E-state index in [9.17, 15) is 28.8 Å². The van der Waals surface area contributed by atoms with E-state index in [0.717, 1.165) is 38.5 Å². The van der Waals surface area contributed by atoms with Gasteiger partial charge in [-0.2, -0.15) is 0 Å². The van der Waals surface area contributed by atoms with Gasteiger partial charge in [-0.1, -0.05) is 59.3 Å². The van der Waals surface area contributed by atoms with Crippen molar-refractivity contribution >= 4 is 18.2 Å². The Morgan fingerprint density at radius 2 is 0.756 bits per heavy atom. The van der Waals surface area contributed by atoms with E-state index in [2.05, 4.69) is 15.0 Å². The first-order valence-corrected chi connectivity index (χ1v) is 17.1. The highest BCUT2D eigenvalue weighted by Gasteiger charge is 2.41. The monoisotopic (exact) mass is 624 g/mol. The average molecular weight is 625 g/mol. The van der Waals surface area contributed by atoms with Gasteiger partial charge in [0.1, 0.15) is 0 Å². The second-order valence-electron chi connectivity index (χ2n) is 13.1. The molecule has 0 amide bonds. The largest absolute Gasteiger partial charge is 0.336 e. The summed E-state index contributed by atoms with van der Waals surface area (Å²) >= 11 is 0. The van der Waals surface area contributed by atoms with Gasteiger partial charge in [-0.15, -0.1) is 0 Å². The van der Waals surface area contributed by atoms with E-state index in [1.807, 2.05) is 20.8 Å². The van der Waals surface area contributed by atoms with Crippen LogP contribution in [0.2, 0.25) is 0 Å². The molecule has 0 spiro atoms. The molecule has 1 aromatic heterocycles. The van der Waals surface area contributed by atoms with Crippen LogP contribution in [0.15, 0.2) is 29.4 Å². The smallest absolute Gasteiger partial charge is 0.247 e. The van der Waals surface area contributed by atoms with Crippen molar-refractivity contribution in [3.05, 3.63) is 31.5 Å². The fourth-order valence-corrected chi connectivity index (χ4v) is 8.93. The minimum Gasteiger partial charge on any atom is -0.247 e. The standard InChI is InChI=1S/C33H48N6O6/c1-4-28(22-13-7-10-16-25(22)34-19-40)37-31(43)38(29(5-2)23-14-8-11-17-26(23)35-20-41)33(45)39(32(37)44)30(6-3)24-15-9-12-18-27(24)36-21-42/h22-30H,4-18H2,1-3H3. The molecular weight excluding hydrogens is 576 g/mol. The fourth-order valence-electron chi connectivity index (χ4n) is 8.93. The van der Waals surface area contributed by atoms with Gasteiger partial charge in [0.25, 0.3) is 0 Å². The van der Waals surface area contributed by atoms with Crippen molar-refractivity contribution in [3.63, 3.8) is 0 Å². The van der Waals surface area contributed by atoms with Crippen molar-refractivity contribution in [3.8, 4) is 0 Å².